The highest BCUT2D eigenvalue weighted by atomic mass is 35.5. The van der Waals surface area contributed by atoms with E-state index < -0.39 is 0 Å². The zero-order valence-corrected chi connectivity index (χ0v) is 16.3. The van der Waals surface area contributed by atoms with Crippen molar-refractivity contribution in [3.05, 3.63) is 84.1 Å². The number of H-pyrrole nitrogens is 1. The van der Waals surface area contributed by atoms with Gasteiger partial charge in [0.15, 0.2) is 0 Å². The molecule has 0 aliphatic rings. The molecule has 3 aromatic carbocycles. The highest BCUT2D eigenvalue weighted by Crippen LogP contribution is 2.29. The topological polar surface area (TPSA) is 77.2 Å². The highest BCUT2D eigenvalue weighted by molar-refractivity contribution is 6.32. The number of aromatic nitrogens is 7. The van der Waals surface area contributed by atoms with Crippen molar-refractivity contribution in [3.8, 4) is 22.6 Å². The van der Waals surface area contributed by atoms with Crippen molar-refractivity contribution in [2.75, 3.05) is 0 Å². The summed E-state index contributed by atoms with van der Waals surface area (Å²) in [4.78, 5) is 0. The van der Waals surface area contributed by atoms with Crippen LogP contribution in [0.15, 0.2) is 79.1 Å². The van der Waals surface area contributed by atoms with E-state index in [1.807, 2.05) is 70.0 Å². The van der Waals surface area contributed by atoms with E-state index >= 15 is 0 Å². The van der Waals surface area contributed by atoms with E-state index in [0.717, 1.165) is 44.6 Å². The predicted molar refractivity (Wildman–Crippen MR) is 116 cm³/mol. The Kier molecular flexibility index (Phi) is 3.69. The quantitative estimate of drug-likeness (QED) is 0.453. The average molecular weight is 412 g/mol. The number of nitrogens with one attached hydrogen (secondary N) is 1. The summed E-state index contributed by atoms with van der Waals surface area (Å²) < 4.78 is 3.67. The molecular weight excluding hydrogens is 398 g/mol. The first-order valence-corrected chi connectivity index (χ1v) is 9.74. The van der Waals surface area contributed by atoms with Crippen LogP contribution >= 0.6 is 11.6 Å². The highest BCUT2D eigenvalue weighted by Gasteiger charge is 2.14. The maximum Gasteiger partial charge on any atom is 0.113 e. The minimum absolute atomic E-state index is 0.642. The lowest BCUT2D eigenvalue weighted by atomic mass is 10.1. The van der Waals surface area contributed by atoms with E-state index in [9.17, 15) is 0 Å². The molecule has 8 heteroatoms. The van der Waals surface area contributed by atoms with Gasteiger partial charge in [-0.25, -0.2) is 9.36 Å². The fourth-order valence-corrected chi connectivity index (χ4v) is 3.88. The predicted octanol–water partition coefficient (Wildman–Crippen LogP) is 4.80. The van der Waals surface area contributed by atoms with E-state index in [1.165, 1.54) is 0 Å². The van der Waals surface area contributed by atoms with Gasteiger partial charge in [-0.15, -0.1) is 5.10 Å². The fraction of sp³-hybridized carbons (Fsp3) is 0. The maximum absolute atomic E-state index is 6.40. The van der Waals surface area contributed by atoms with Crippen LogP contribution in [-0.2, 0) is 0 Å². The number of hydrogen-bond acceptors (Lipinski definition) is 4. The molecular formula is C22H14ClN7. The van der Waals surface area contributed by atoms with Crippen LogP contribution in [0.4, 0.5) is 0 Å². The first kappa shape index (κ1) is 16.9. The number of nitrogens with zero attached hydrogens (tertiary/aromatic N) is 6. The lowest BCUT2D eigenvalue weighted by molar-refractivity contribution is 0.824. The Balaban J connectivity index is 1.51. The number of benzene rings is 3. The summed E-state index contributed by atoms with van der Waals surface area (Å²) in [5.41, 5.74) is 6.32. The minimum Gasteiger partial charge on any atom is -0.278 e. The second-order valence-corrected chi connectivity index (χ2v) is 7.33. The van der Waals surface area contributed by atoms with Crippen LogP contribution in [0.1, 0.15) is 0 Å². The third-order valence-corrected chi connectivity index (χ3v) is 5.45. The lowest BCUT2D eigenvalue weighted by Gasteiger charge is -2.10. The number of para-hydroxylation sites is 1. The summed E-state index contributed by atoms with van der Waals surface area (Å²) in [7, 11) is 0. The third kappa shape index (κ3) is 2.60. The molecule has 0 aliphatic heterocycles. The number of hydrogen-bond donors (Lipinski definition) is 1. The van der Waals surface area contributed by atoms with E-state index in [0.29, 0.717) is 5.02 Å². The van der Waals surface area contributed by atoms with Gasteiger partial charge in [-0.05, 0) is 48.5 Å². The van der Waals surface area contributed by atoms with E-state index in [-0.39, 0.29) is 0 Å². The zero-order valence-electron chi connectivity index (χ0n) is 15.6. The van der Waals surface area contributed by atoms with Crippen molar-refractivity contribution in [1.29, 1.82) is 0 Å². The second-order valence-electron chi connectivity index (χ2n) is 6.93. The second kappa shape index (κ2) is 6.53. The molecule has 0 atom stereocenters. The molecule has 0 fully saturated rings. The average Bonchev–Trinajstić information content (AvgIpc) is 3.51. The van der Waals surface area contributed by atoms with Crippen LogP contribution in [0.25, 0.3) is 44.6 Å². The summed E-state index contributed by atoms with van der Waals surface area (Å²) in [6.45, 7) is 0. The van der Waals surface area contributed by atoms with Crippen LogP contribution in [0.3, 0.4) is 0 Å². The molecule has 0 amide bonds. The van der Waals surface area contributed by atoms with Crippen LogP contribution in [0.2, 0.25) is 5.02 Å². The van der Waals surface area contributed by atoms with Gasteiger partial charge in [0.2, 0.25) is 0 Å². The van der Waals surface area contributed by atoms with Gasteiger partial charge in [0.05, 0.1) is 45.5 Å². The Morgan fingerprint density at radius 2 is 1.83 bits per heavy atom. The summed E-state index contributed by atoms with van der Waals surface area (Å²) >= 11 is 6.40. The third-order valence-electron chi connectivity index (χ3n) is 5.13. The first-order valence-electron chi connectivity index (χ1n) is 9.36. The summed E-state index contributed by atoms with van der Waals surface area (Å²) in [5, 5.41) is 21.9. The van der Waals surface area contributed by atoms with Crippen LogP contribution in [-0.4, -0.2) is 35.0 Å². The Labute approximate surface area is 175 Å². The summed E-state index contributed by atoms with van der Waals surface area (Å²) in [6, 6.07) is 21.7. The Bertz CT molecular complexity index is 1530. The standard InChI is InChI=1S/C22H14ClN7/c23-17-3-1-2-4-21(17)30-20(9-10-25-30)14-6-8-18-22(11-14)29(28-27-18)16-7-5-15-13-24-26-19(15)12-16/h1-13H,(H,24,26). The minimum atomic E-state index is 0.642. The molecule has 144 valence electrons. The molecule has 7 nitrogen and oxygen atoms in total. The molecule has 0 spiro atoms. The molecule has 1 N–H and O–H groups in total. The van der Waals surface area contributed by atoms with Gasteiger partial charge in [-0.2, -0.15) is 10.2 Å². The van der Waals surface area contributed by atoms with E-state index in [1.54, 1.807) is 12.4 Å². The van der Waals surface area contributed by atoms with Crippen molar-refractivity contribution in [2.45, 2.75) is 0 Å². The van der Waals surface area contributed by atoms with Gasteiger partial charge in [-0.3, -0.25) is 5.10 Å². The molecule has 0 radical (unpaired) electrons. The number of halogens is 1. The van der Waals surface area contributed by atoms with Crippen molar-refractivity contribution < 1.29 is 0 Å². The first-order chi connectivity index (χ1) is 14.8. The van der Waals surface area contributed by atoms with E-state index in [2.05, 4.69) is 31.7 Å². The van der Waals surface area contributed by atoms with Crippen molar-refractivity contribution in [1.82, 2.24) is 35.0 Å². The molecule has 0 saturated heterocycles. The van der Waals surface area contributed by atoms with Gasteiger partial charge in [0.1, 0.15) is 5.52 Å². The number of fused-ring (bicyclic) bond motifs is 2. The van der Waals surface area contributed by atoms with Gasteiger partial charge < -0.3 is 0 Å². The van der Waals surface area contributed by atoms with Crippen molar-refractivity contribution >= 4 is 33.5 Å². The Morgan fingerprint density at radius 3 is 2.77 bits per heavy atom. The fourth-order valence-electron chi connectivity index (χ4n) is 3.66. The molecule has 30 heavy (non-hydrogen) atoms. The van der Waals surface area contributed by atoms with Crippen LogP contribution < -0.4 is 0 Å². The smallest absolute Gasteiger partial charge is 0.113 e. The molecule has 6 rings (SSSR count). The van der Waals surface area contributed by atoms with Gasteiger partial charge in [-0.1, -0.05) is 35.0 Å². The van der Waals surface area contributed by atoms with Gasteiger partial charge in [0.25, 0.3) is 0 Å². The maximum atomic E-state index is 6.40. The lowest BCUT2D eigenvalue weighted by Crippen LogP contribution is -2.00. The van der Waals surface area contributed by atoms with E-state index in [4.69, 9.17) is 11.6 Å². The Morgan fingerprint density at radius 1 is 0.900 bits per heavy atom. The molecule has 0 bridgehead atoms. The molecule has 3 aromatic heterocycles. The van der Waals surface area contributed by atoms with Crippen molar-refractivity contribution in [3.63, 3.8) is 0 Å². The van der Waals surface area contributed by atoms with Gasteiger partial charge in [0, 0.05) is 10.9 Å². The number of aromatic amines is 1. The monoisotopic (exact) mass is 411 g/mol. The zero-order chi connectivity index (χ0) is 20.1. The number of rotatable bonds is 3. The molecule has 0 unspecified atom stereocenters. The summed E-state index contributed by atoms with van der Waals surface area (Å²) in [5.74, 6) is 0. The molecule has 3 heterocycles. The molecule has 6 aromatic rings. The van der Waals surface area contributed by atoms with Crippen molar-refractivity contribution in [2.24, 2.45) is 0 Å². The van der Waals surface area contributed by atoms with Crippen LogP contribution in [0, 0.1) is 0 Å². The molecule has 0 aliphatic carbocycles. The normalized spacial score (nSPS) is 11.5. The Hall–Kier alpha value is -3.97. The molecule has 0 saturated carbocycles. The SMILES string of the molecule is Clc1ccccc1-n1nccc1-c1ccc2nnn(-c3ccc4cn[nH]c4c3)c2c1. The van der Waals surface area contributed by atoms with Gasteiger partial charge >= 0.3 is 0 Å². The largest absolute Gasteiger partial charge is 0.278 e. The summed E-state index contributed by atoms with van der Waals surface area (Å²) in [6.07, 6.45) is 3.57. The van der Waals surface area contributed by atoms with Crippen LogP contribution in [0.5, 0.6) is 0 Å².